The molecule has 0 spiro atoms. The summed E-state index contributed by atoms with van der Waals surface area (Å²) >= 11 is 0. The Morgan fingerprint density at radius 1 is 1.03 bits per heavy atom. The molecule has 1 atom stereocenters. The van der Waals surface area contributed by atoms with Crippen molar-refractivity contribution in [1.82, 2.24) is 9.80 Å². The molecule has 0 aliphatic carbocycles. The van der Waals surface area contributed by atoms with Crippen LogP contribution in [-0.2, 0) is 16.1 Å². The van der Waals surface area contributed by atoms with Crippen molar-refractivity contribution in [2.75, 3.05) is 32.8 Å². The van der Waals surface area contributed by atoms with Crippen LogP contribution in [-0.4, -0.2) is 54.6 Å². The zero-order valence-corrected chi connectivity index (χ0v) is 18.5. The highest BCUT2D eigenvalue weighted by molar-refractivity contribution is 5.94. The lowest BCUT2D eigenvalue weighted by Crippen LogP contribution is -2.43. The second kappa shape index (κ2) is 11.3. The molecule has 0 N–H and O–H groups in total. The van der Waals surface area contributed by atoms with Crippen LogP contribution in [0.1, 0.15) is 36.8 Å². The topological polar surface area (TPSA) is 32.8 Å². The summed E-state index contributed by atoms with van der Waals surface area (Å²) in [5.41, 5.74) is 1.59. The summed E-state index contributed by atoms with van der Waals surface area (Å²) in [6.45, 7) is 4.55. The van der Waals surface area contributed by atoms with E-state index in [1.165, 1.54) is 6.07 Å². The first kappa shape index (κ1) is 22.5. The molecule has 0 unspecified atom stereocenters. The van der Waals surface area contributed by atoms with Crippen LogP contribution in [0.3, 0.4) is 0 Å². The molecule has 2 aromatic rings. The van der Waals surface area contributed by atoms with Crippen molar-refractivity contribution >= 4 is 5.91 Å². The number of rotatable bonds is 6. The maximum absolute atomic E-state index is 14.0. The minimum atomic E-state index is -0.139. The van der Waals surface area contributed by atoms with E-state index >= 15 is 0 Å². The second-order valence-corrected chi connectivity index (χ2v) is 8.77. The fourth-order valence-corrected chi connectivity index (χ4v) is 4.51. The Balaban J connectivity index is 1.34. The molecule has 32 heavy (non-hydrogen) atoms. The van der Waals surface area contributed by atoms with Gasteiger partial charge in [-0.15, -0.1) is 0 Å². The van der Waals surface area contributed by atoms with Crippen LogP contribution in [0.15, 0.2) is 54.6 Å². The third-order valence-corrected chi connectivity index (χ3v) is 6.36. The van der Waals surface area contributed by atoms with E-state index in [4.69, 9.17) is 4.74 Å². The van der Waals surface area contributed by atoms with Crippen LogP contribution in [0.4, 0.5) is 4.39 Å². The molecule has 2 aliphatic rings. The smallest absolute Gasteiger partial charge is 0.298 e. The Hall–Kier alpha value is -2.68. The zero-order valence-electron chi connectivity index (χ0n) is 18.5. The Morgan fingerprint density at radius 2 is 1.78 bits per heavy atom. The molecule has 2 aliphatic heterocycles. The van der Waals surface area contributed by atoms with E-state index in [0.29, 0.717) is 25.6 Å². The van der Waals surface area contributed by atoms with Crippen LogP contribution in [0, 0.1) is 23.6 Å². The van der Waals surface area contributed by atoms with E-state index in [2.05, 4.69) is 16.7 Å². The van der Waals surface area contributed by atoms with Crippen LogP contribution >= 0.6 is 0 Å². The van der Waals surface area contributed by atoms with Gasteiger partial charge >= 0.3 is 0 Å². The molecule has 2 aromatic carbocycles. The van der Waals surface area contributed by atoms with Gasteiger partial charge in [0, 0.05) is 43.3 Å². The Labute approximate surface area is 190 Å². The minimum Gasteiger partial charge on any atom is -0.376 e. The summed E-state index contributed by atoms with van der Waals surface area (Å²) in [5, 5.41) is 0. The summed E-state index contributed by atoms with van der Waals surface area (Å²) in [6, 6.07) is 16.6. The SMILES string of the molecule is O=C(C#Cc1ccccc1)N(CC1CCN(Cc2ccccc2F)CC1)C[C@@H]1CCCO1. The number of hydrogen-bond acceptors (Lipinski definition) is 3. The van der Waals surface area contributed by atoms with E-state index < -0.39 is 0 Å². The normalized spacial score (nSPS) is 19.3. The maximum atomic E-state index is 14.0. The van der Waals surface area contributed by atoms with E-state index in [0.717, 1.165) is 56.5 Å². The number of carbonyl (C=O) groups is 1. The van der Waals surface area contributed by atoms with Crippen molar-refractivity contribution in [3.8, 4) is 11.8 Å². The van der Waals surface area contributed by atoms with E-state index in [-0.39, 0.29) is 17.8 Å². The molecule has 0 radical (unpaired) electrons. The largest absolute Gasteiger partial charge is 0.376 e. The number of ether oxygens (including phenoxy) is 1. The predicted octanol–water partition coefficient (Wildman–Crippen LogP) is 4.10. The summed E-state index contributed by atoms with van der Waals surface area (Å²) in [5.74, 6) is 6.00. The van der Waals surface area contributed by atoms with E-state index in [1.807, 2.05) is 47.4 Å². The summed E-state index contributed by atoms with van der Waals surface area (Å²) in [6.07, 6.45) is 4.15. The maximum Gasteiger partial charge on any atom is 0.298 e. The van der Waals surface area contributed by atoms with Gasteiger partial charge in [0.2, 0.25) is 0 Å². The molecule has 2 saturated heterocycles. The summed E-state index contributed by atoms with van der Waals surface area (Å²) < 4.78 is 19.8. The van der Waals surface area contributed by atoms with E-state index in [9.17, 15) is 9.18 Å². The molecule has 0 bridgehead atoms. The van der Waals surface area contributed by atoms with Gasteiger partial charge in [0.15, 0.2) is 0 Å². The fraction of sp³-hybridized carbons (Fsp3) is 0.444. The molecule has 2 heterocycles. The molecule has 4 nitrogen and oxygen atoms in total. The monoisotopic (exact) mass is 434 g/mol. The first-order valence-corrected chi connectivity index (χ1v) is 11.6. The number of piperidine rings is 1. The van der Waals surface area contributed by atoms with Gasteiger partial charge in [-0.1, -0.05) is 42.3 Å². The van der Waals surface area contributed by atoms with Gasteiger partial charge in [0.1, 0.15) is 5.82 Å². The molecular weight excluding hydrogens is 403 g/mol. The van der Waals surface area contributed by atoms with Crippen LogP contribution in [0.5, 0.6) is 0 Å². The lowest BCUT2D eigenvalue weighted by Gasteiger charge is -2.35. The first-order valence-electron chi connectivity index (χ1n) is 11.6. The molecule has 0 aromatic heterocycles. The van der Waals surface area contributed by atoms with Crippen molar-refractivity contribution in [3.05, 3.63) is 71.5 Å². The Bertz CT molecular complexity index is 939. The van der Waals surface area contributed by atoms with E-state index in [1.54, 1.807) is 6.07 Å². The lowest BCUT2D eigenvalue weighted by molar-refractivity contribution is -0.127. The van der Waals surface area contributed by atoms with Gasteiger partial charge in [0.25, 0.3) is 5.91 Å². The third-order valence-electron chi connectivity index (χ3n) is 6.36. The Kier molecular flexibility index (Phi) is 7.92. The van der Waals surface area contributed by atoms with Gasteiger partial charge in [-0.3, -0.25) is 9.69 Å². The Morgan fingerprint density at radius 3 is 2.50 bits per heavy atom. The number of halogens is 1. The highest BCUT2D eigenvalue weighted by atomic mass is 19.1. The van der Waals surface area contributed by atoms with Crippen molar-refractivity contribution in [2.45, 2.75) is 38.3 Å². The number of nitrogens with zero attached hydrogens (tertiary/aromatic N) is 2. The molecule has 4 rings (SSSR count). The number of carbonyl (C=O) groups excluding carboxylic acids is 1. The number of amides is 1. The van der Waals surface area contributed by atoms with Gasteiger partial charge in [0.05, 0.1) is 6.10 Å². The first-order chi connectivity index (χ1) is 15.7. The number of likely N-dealkylation sites (tertiary alicyclic amines) is 1. The summed E-state index contributed by atoms with van der Waals surface area (Å²) in [4.78, 5) is 17.2. The van der Waals surface area contributed by atoms with Crippen molar-refractivity contribution < 1.29 is 13.9 Å². The zero-order chi connectivity index (χ0) is 22.2. The quantitative estimate of drug-likeness (QED) is 0.642. The van der Waals surface area contributed by atoms with Gasteiger partial charge in [-0.25, -0.2) is 4.39 Å². The molecule has 0 saturated carbocycles. The predicted molar refractivity (Wildman–Crippen MR) is 123 cm³/mol. The van der Waals surface area contributed by atoms with Gasteiger partial charge in [-0.05, 0) is 62.9 Å². The minimum absolute atomic E-state index is 0.110. The standard InChI is InChI=1S/C27H31FN2O2/c28-26-11-5-4-9-24(26)20-29-16-14-23(15-17-29)19-30(21-25-10-6-18-32-25)27(31)13-12-22-7-2-1-3-8-22/h1-5,7-9,11,23,25H,6,10,14-21H2/t25-/m0/s1. The van der Waals surface area contributed by atoms with Crippen LogP contribution in [0.25, 0.3) is 0 Å². The van der Waals surface area contributed by atoms with Crippen LogP contribution in [0.2, 0.25) is 0 Å². The second-order valence-electron chi connectivity index (χ2n) is 8.77. The van der Waals surface area contributed by atoms with Gasteiger partial charge in [-0.2, -0.15) is 0 Å². The van der Waals surface area contributed by atoms with Crippen molar-refractivity contribution in [1.29, 1.82) is 0 Å². The highest BCUT2D eigenvalue weighted by Crippen LogP contribution is 2.22. The number of benzene rings is 2. The average molecular weight is 435 g/mol. The van der Waals surface area contributed by atoms with Crippen molar-refractivity contribution in [3.63, 3.8) is 0 Å². The fourth-order valence-electron chi connectivity index (χ4n) is 4.51. The number of hydrogen-bond donors (Lipinski definition) is 0. The van der Waals surface area contributed by atoms with Crippen molar-refractivity contribution in [2.24, 2.45) is 5.92 Å². The lowest BCUT2D eigenvalue weighted by atomic mass is 9.95. The average Bonchev–Trinajstić information content (AvgIpc) is 3.34. The summed E-state index contributed by atoms with van der Waals surface area (Å²) in [7, 11) is 0. The molecule has 168 valence electrons. The highest BCUT2D eigenvalue weighted by Gasteiger charge is 2.27. The molecule has 1 amide bonds. The van der Waals surface area contributed by atoms with Crippen LogP contribution < -0.4 is 0 Å². The molecular formula is C27H31FN2O2. The molecule has 2 fully saturated rings. The third kappa shape index (κ3) is 6.41. The molecule has 5 heteroatoms. The van der Waals surface area contributed by atoms with Gasteiger partial charge < -0.3 is 9.64 Å².